The molecule has 7 heteroatoms. The van der Waals surface area contributed by atoms with Crippen LogP contribution in [0.15, 0.2) is 73.1 Å². The van der Waals surface area contributed by atoms with Gasteiger partial charge < -0.3 is 5.32 Å². The SMILES string of the molecule is O=C1CC(C(=O)Nc2ccccc2F)(c2cccnc2)N1c1ccccc1F. The first-order valence-electron chi connectivity index (χ1n) is 8.58. The fourth-order valence-corrected chi connectivity index (χ4v) is 3.41. The van der Waals surface area contributed by atoms with Crippen LogP contribution in [-0.2, 0) is 15.1 Å². The van der Waals surface area contributed by atoms with Gasteiger partial charge in [0.05, 0.1) is 17.8 Å². The van der Waals surface area contributed by atoms with E-state index in [-0.39, 0.29) is 17.8 Å². The third-order valence-corrected chi connectivity index (χ3v) is 4.77. The molecule has 0 radical (unpaired) electrons. The van der Waals surface area contributed by atoms with Crippen LogP contribution in [0.4, 0.5) is 20.2 Å². The lowest BCUT2D eigenvalue weighted by molar-refractivity contribution is -0.137. The molecule has 1 aliphatic rings. The average molecular weight is 379 g/mol. The van der Waals surface area contributed by atoms with Gasteiger partial charge in [-0.1, -0.05) is 30.3 Å². The second kappa shape index (κ2) is 6.84. The summed E-state index contributed by atoms with van der Waals surface area (Å²) in [5, 5.41) is 2.53. The third-order valence-electron chi connectivity index (χ3n) is 4.77. The minimum absolute atomic E-state index is 0.0220. The molecule has 1 fully saturated rings. The van der Waals surface area contributed by atoms with Crippen molar-refractivity contribution in [3.05, 3.63) is 90.3 Å². The summed E-state index contributed by atoms with van der Waals surface area (Å²) < 4.78 is 28.5. The molecule has 1 atom stereocenters. The highest BCUT2D eigenvalue weighted by atomic mass is 19.1. The van der Waals surface area contributed by atoms with Crippen LogP contribution < -0.4 is 10.2 Å². The van der Waals surface area contributed by atoms with Crippen molar-refractivity contribution in [2.24, 2.45) is 0 Å². The molecular formula is C21H15F2N3O2. The first-order valence-corrected chi connectivity index (χ1v) is 8.58. The summed E-state index contributed by atoms with van der Waals surface area (Å²) in [6.45, 7) is 0. The Hall–Kier alpha value is -3.61. The molecular weight excluding hydrogens is 364 g/mol. The number of hydrogen-bond acceptors (Lipinski definition) is 3. The second-order valence-corrected chi connectivity index (χ2v) is 6.39. The first-order chi connectivity index (χ1) is 13.5. The van der Waals surface area contributed by atoms with E-state index in [0.29, 0.717) is 5.56 Å². The van der Waals surface area contributed by atoms with E-state index in [1.807, 2.05) is 0 Å². The number of para-hydroxylation sites is 2. The van der Waals surface area contributed by atoms with Crippen LogP contribution in [0.25, 0.3) is 0 Å². The molecule has 1 saturated heterocycles. The van der Waals surface area contributed by atoms with Gasteiger partial charge in [0.1, 0.15) is 11.6 Å². The fraction of sp³-hybridized carbons (Fsp3) is 0.0952. The lowest BCUT2D eigenvalue weighted by atomic mass is 9.76. The van der Waals surface area contributed by atoms with E-state index in [9.17, 15) is 18.4 Å². The molecule has 0 aliphatic carbocycles. The number of nitrogens with one attached hydrogen (secondary N) is 1. The van der Waals surface area contributed by atoms with Crippen molar-refractivity contribution in [1.82, 2.24) is 4.98 Å². The molecule has 5 nitrogen and oxygen atoms in total. The molecule has 0 saturated carbocycles. The van der Waals surface area contributed by atoms with Gasteiger partial charge in [-0.15, -0.1) is 0 Å². The Morgan fingerprint density at radius 1 is 1.00 bits per heavy atom. The number of benzene rings is 2. The Morgan fingerprint density at radius 3 is 2.36 bits per heavy atom. The van der Waals surface area contributed by atoms with Crippen molar-refractivity contribution in [2.45, 2.75) is 12.0 Å². The van der Waals surface area contributed by atoms with Crippen molar-refractivity contribution >= 4 is 23.2 Å². The zero-order chi connectivity index (χ0) is 19.7. The van der Waals surface area contributed by atoms with E-state index in [0.717, 1.165) is 4.90 Å². The molecule has 3 aromatic rings. The average Bonchev–Trinajstić information content (AvgIpc) is 2.70. The Morgan fingerprint density at radius 2 is 1.71 bits per heavy atom. The van der Waals surface area contributed by atoms with Crippen LogP contribution in [0, 0.1) is 11.6 Å². The summed E-state index contributed by atoms with van der Waals surface area (Å²) in [5.41, 5.74) is -1.17. The predicted octanol–water partition coefficient (Wildman–Crippen LogP) is 3.63. The zero-order valence-electron chi connectivity index (χ0n) is 14.6. The minimum Gasteiger partial charge on any atom is -0.321 e. The van der Waals surface area contributed by atoms with Crippen LogP contribution in [0.1, 0.15) is 12.0 Å². The maximum Gasteiger partial charge on any atom is 0.256 e. The molecule has 1 aliphatic heterocycles. The quantitative estimate of drug-likeness (QED) is 0.704. The molecule has 1 N–H and O–H groups in total. The van der Waals surface area contributed by atoms with Gasteiger partial charge >= 0.3 is 0 Å². The lowest BCUT2D eigenvalue weighted by Crippen LogP contribution is -2.67. The van der Waals surface area contributed by atoms with E-state index < -0.39 is 29.0 Å². The van der Waals surface area contributed by atoms with E-state index >= 15 is 0 Å². The normalized spacial score (nSPS) is 18.5. The molecule has 2 amide bonds. The van der Waals surface area contributed by atoms with E-state index in [4.69, 9.17) is 0 Å². The number of anilines is 2. The van der Waals surface area contributed by atoms with E-state index in [1.165, 1.54) is 48.8 Å². The van der Waals surface area contributed by atoms with Gasteiger partial charge in [-0.2, -0.15) is 0 Å². The summed E-state index contributed by atoms with van der Waals surface area (Å²) >= 11 is 0. The van der Waals surface area contributed by atoms with Crippen molar-refractivity contribution in [3.63, 3.8) is 0 Å². The number of hydrogen-bond donors (Lipinski definition) is 1. The van der Waals surface area contributed by atoms with Gasteiger partial charge in [0.15, 0.2) is 5.54 Å². The summed E-state index contributed by atoms with van der Waals surface area (Å²) in [4.78, 5) is 30.9. The molecule has 4 rings (SSSR count). The Labute approximate surface area is 159 Å². The number of aromatic nitrogens is 1. The first kappa shape index (κ1) is 17.8. The van der Waals surface area contributed by atoms with Gasteiger partial charge in [-0.3, -0.25) is 19.5 Å². The number of carbonyl (C=O) groups excluding carboxylic acids is 2. The molecule has 0 spiro atoms. The van der Waals surface area contributed by atoms with Crippen LogP contribution in [0.2, 0.25) is 0 Å². The summed E-state index contributed by atoms with van der Waals surface area (Å²) in [6.07, 6.45) is 2.79. The number of β-lactam (4-membered cyclic amide) rings is 1. The van der Waals surface area contributed by atoms with Gasteiger partial charge in [0, 0.05) is 18.0 Å². The molecule has 1 unspecified atom stereocenters. The number of amides is 2. The Kier molecular flexibility index (Phi) is 4.35. The topological polar surface area (TPSA) is 62.3 Å². The minimum atomic E-state index is -1.53. The third kappa shape index (κ3) is 2.72. The fourth-order valence-electron chi connectivity index (χ4n) is 3.41. The summed E-state index contributed by atoms with van der Waals surface area (Å²) in [6, 6.07) is 14.7. The number of pyridine rings is 1. The van der Waals surface area contributed by atoms with Gasteiger partial charge in [0.2, 0.25) is 5.91 Å². The highest BCUT2D eigenvalue weighted by Gasteiger charge is 2.59. The van der Waals surface area contributed by atoms with Gasteiger partial charge in [-0.05, 0) is 30.3 Å². The van der Waals surface area contributed by atoms with Gasteiger partial charge in [-0.25, -0.2) is 8.78 Å². The Bertz CT molecular complexity index is 1060. The monoisotopic (exact) mass is 379 g/mol. The van der Waals surface area contributed by atoms with Crippen LogP contribution >= 0.6 is 0 Å². The van der Waals surface area contributed by atoms with Gasteiger partial charge in [0.25, 0.3) is 5.91 Å². The van der Waals surface area contributed by atoms with Crippen molar-refractivity contribution < 1.29 is 18.4 Å². The van der Waals surface area contributed by atoms with Crippen molar-refractivity contribution in [3.8, 4) is 0 Å². The summed E-state index contributed by atoms with van der Waals surface area (Å²) in [7, 11) is 0. The molecule has 140 valence electrons. The number of nitrogens with zero attached hydrogens (tertiary/aromatic N) is 2. The highest BCUT2D eigenvalue weighted by molar-refractivity contribution is 6.17. The van der Waals surface area contributed by atoms with Crippen molar-refractivity contribution in [2.75, 3.05) is 10.2 Å². The lowest BCUT2D eigenvalue weighted by Gasteiger charge is -2.50. The zero-order valence-corrected chi connectivity index (χ0v) is 14.6. The molecule has 2 aromatic carbocycles. The number of rotatable bonds is 4. The van der Waals surface area contributed by atoms with Crippen LogP contribution in [0.3, 0.4) is 0 Å². The molecule has 2 heterocycles. The molecule has 28 heavy (non-hydrogen) atoms. The molecule has 0 bridgehead atoms. The smallest absolute Gasteiger partial charge is 0.256 e. The number of carbonyl (C=O) groups is 2. The maximum atomic E-state index is 14.4. The standard InChI is InChI=1S/C21H15F2N3O2/c22-15-7-1-3-9-17(15)25-20(28)21(14-6-5-11-24-13-14)12-19(27)26(21)18-10-4-2-8-16(18)23/h1-11,13H,12H2,(H,25,28). The predicted molar refractivity (Wildman–Crippen MR) is 99.4 cm³/mol. The largest absolute Gasteiger partial charge is 0.321 e. The summed E-state index contributed by atoms with van der Waals surface area (Å²) in [5.74, 6) is -2.31. The molecule has 1 aromatic heterocycles. The van der Waals surface area contributed by atoms with E-state index in [2.05, 4.69) is 10.3 Å². The van der Waals surface area contributed by atoms with Crippen molar-refractivity contribution in [1.29, 1.82) is 0 Å². The second-order valence-electron chi connectivity index (χ2n) is 6.39. The maximum absolute atomic E-state index is 14.4. The number of halogens is 2. The highest BCUT2D eigenvalue weighted by Crippen LogP contribution is 2.46. The van der Waals surface area contributed by atoms with Crippen LogP contribution in [0.5, 0.6) is 0 Å². The Balaban J connectivity index is 1.82. The van der Waals surface area contributed by atoms with Crippen LogP contribution in [-0.4, -0.2) is 16.8 Å². The van der Waals surface area contributed by atoms with E-state index in [1.54, 1.807) is 24.3 Å².